The molecule has 0 aromatic carbocycles. The number of nitrogens with zero attached hydrogens (tertiary/aromatic N) is 3. The monoisotopic (exact) mass is 332 g/mol. The van der Waals surface area contributed by atoms with Crippen LogP contribution in [0.2, 0.25) is 0 Å². The van der Waals surface area contributed by atoms with E-state index in [2.05, 4.69) is 36.2 Å². The molecule has 5 nitrogen and oxygen atoms in total. The minimum absolute atomic E-state index is 0.519. The zero-order valence-electron chi connectivity index (χ0n) is 11.1. The third-order valence-corrected chi connectivity index (χ3v) is 3.48. The molecule has 102 valence electrons. The van der Waals surface area contributed by atoms with Gasteiger partial charge in [0.25, 0.3) is 0 Å². The summed E-state index contributed by atoms with van der Waals surface area (Å²) in [6.07, 6.45) is 3.51. The molecule has 0 amide bonds. The Morgan fingerprint density at radius 3 is 2.90 bits per heavy atom. The van der Waals surface area contributed by atoms with Gasteiger partial charge < -0.3 is 9.73 Å². The summed E-state index contributed by atoms with van der Waals surface area (Å²) in [6, 6.07) is 3.83. The molecular weight excluding hydrogens is 320 g/mol. The number of fused-ring (bicyclic) bond motifs is 1. The Morgan fingerprint density at radius 2 is 2.15 bits per heavy atom. The minimum Gasteiger partial charge on any atom is -0.444 e. The van der Waals surface area contributed by atoms with Gasteiger partial charge in [-0.1, -0.05) is 0 Å². The second-order valence-corrected chi connectivity index (χ2v) is 5.40. The van der Waals surface area contributed by atoms with Crippen LogP contribution in [0.4, 0.5) is 5.69 Å². The molecule has 0 aliphatic rings. The Morgan fingerprint density at radius 1 is 1.30 bits per heavy atom. The standard InChI is InChI=1S/C14H13BrN4O/c1-8-9(2)20-13(19-8)7-17-11-3-4-16-12-5-10(15)6-18-14(11)12/h3-6H,7H2,1-2H3,(H,16,17). The van der Waals surface area contributed by atoms with E-state index in [1.807, 2.05) is 26.0 Å². The molecule has 0 aliphatic carbocycles. The molecule has 3 aromatic heterocycles. The molecule has 0 bridgehead atoms. The largest absolute Gasteiger partial charge is 0.444 e. The summed E-state index contributed by atoms with van der Waals surface area (Å²) in [4.78, 5) is 13.0. The zero-order chi connectivity index (χ0) is 14.1. The van der Waals surface area contributed by atoms with Gasteiger partial charge in [0.1, 0.15) is 11.3 Å². The zero-order valence-corrected chi connectivity index (χ0v) is 12.7. The number of oxazole rings is 1. The van der Waals surface area contributed by atoms with Crippen molar-refractivity contribution < 1.29 is 4.42 Å². The first-order chi connectivity index (χ1) is 9.63. The SMILES string of the molecule is Cc1nc(CNc2ccnc3cc(Br)cnc23)oc1C. The van der Waals surface area contributed by atoms with Crippen LogP contribution >= 0.6 is 15.9 Å². The van der Waals surface area contributed by atoms with Crippen molar-refractivity contribution in [3.05, 3.63) is 46.3 Å². The average Bonchev–Trinajstić information content (AvgIpc) is 2.75. The summed E-state index contributed by atoms with van der Waals surface area (Å²) in [6.45, 7) is 4.36. The summed E-state index contributed by atoms with van der Waals surface area (Å²) in [5.41, 5.74) is 3.50. The van der Waals surface area contributed by atoms with Crippen LogP contribution in [-0.2, 0) is 6.54 Å². The van der Waals surface area contributed by atoms with Crippen LogP contribution in [0, 0.1) is 13.8 Å². The third-order valence-electron chi connectivity index (χ3n) is 3.05. The molecule has 0 saturated carbocycles. The van der Waals surface area contributed by atoms with E-state index in [-0.39, 0.29) is 0 Å². The summed E-state index contributed by atoms with van der Waals surface area (Å²) < 4.78 is 6.46. The molecule has 0 fully saturated rings. The lowest BCUT2D eigenvalue weighted by Crippen LogP contribution is -2.01. The number of hydrogen-bond acceptors (Lipinski definition) is 5. The van der Waals surface area contributed by atoms with Crippen LogP contribution in [0.15, 0.2) is 33.4 Å². The second-order valence-electron chi connectivity index (χ2n) is 4.48. The van der Waals surface area contributed by atoms with E-state index >= 15 is 0 Å². The van der Waals surface area contributed by atoms with Gasteiger partial charge in [0, 0.05) is 16.9 Å². The number of anilines is 1. The topological polar surface area (TPSA) is 63.8 Å². The van der Waals surface area contributed by atoms with Gasteiger partial charge in [-0.15, -0.1) is 0 Å². The Kier molecular flexibility index (Phi) is 3.40. The van der Waals surface area contributed by atoms with E-state index in [9.17, 15) is 0 Å². The smallest absolute Gasteiger partial charge is 0.213 e. The van der Waals surface area contributed by atoms with E-state index in [0.29, 0.717) is 12.4 Å². The second kappa shape index (κ2) is 5.20. The van der Waals surface area contributed by atoms with Crippen LogP contribution in [0.3, 0.4) is 0 Å². The Balaban J connectivity index is 1.87. The van der Waals surface area contributed by atoms with Gasteiger partial charge in [0.2, 0.25) is 5.89 Å². The highest BCUT2D eigenvalue weighted by Gasteiger charge is 2.07. The first-order valence-electron chi connectivity index (χ1n) is 6.20. The first kappa shape index (κ1) is 13.1. The van der Waals surface area contributed by atoms with Gasteiger partial charge in [-0.25, -0.2) is 4.98 Å². The molecule has 20 heavy (non-hydrogen) atoms. The Hall–Kier alpha value is -1.95. The van der Waals surface area contributed by atoms with Crippen LogP contribution in [0.1, 0.15) is 17.3 Å². The van der Waals surface area contributed by atoms with Gasteiger partial charge >= 0.3 is 0 Å². The fourth-order valence-corrected chi connectivity index (χ4v) is 2.25. The highest BCUT2D eigenvalue weighted by Crippen LogP contribution is 2.22. The van der Waals surface area contributed by atoms with E-state index in [1.54, 1.807) is 12.4 Å². The molecular formula is C14H13BrN4O. The van der Waals surface area contributed by atoms with E-state index in [1.165, 1.54) is 0 Å². The quantitative estimate of drug-likeness (QED) is 0.793. The average molecular weight is 333 g/mol. The van der Waals surface area contributed by atoms with Crippen molar-refractivity contribution in [1.82, 2.24) is 15.0 Å². The lowest BCUT2D eigenvalue weighted by Gasteiger charge is -2.06. The Bertz CT molecular complexity index is 749. The molecule has 6 heteroatoms. The van der Waals surface area contributed by atoms with Crippen LogP contribution in [-0.4, -0.2) is 15.0 Å². The first-order valence-corrected chi connectivity index (χ1v) is 7.00. The van der Waals surface area contributed by atoms with Crippen molar-refractivity contribution >= 4 is 32.7 Å². The molecule has 1 N–H and O–H groups in total. The van der Waals surface area contributed by atoms with Gasteiger partial charge in [0.05, 0.1) is 23.4 Å². The fourth-order valence-electron chi connectivity index (χ4n) is 1.93. The van der Waals surface area contributed by atoms with Crippen LogP contribution in [0.25, 0.3) is 11.0 Å². The lowest BCUT2D eigenvalue weighted by molar-refractivity contribution is 0.478. The molecule has 0 unspecified atom stereocenters. The van der Waals surface area contributed by atoms with Crippen LogP contribution in [0.5, 0.6) is 0 Å². The van der Waals surface area contributed by atoms with Crippen molar-refractivity contribution in [3.8, 4) is 0 Å². The maximum Gasteiger partial charge on any atom is 0.213 e. The fraction of sp³-hybridized carbons (Fsp3) is 0.214. The Labute approximate surface area is 124 Å². The number of pyridine rings is 2. The summed E-state index contributed by atoms with van der Waals surface area (Å²) in [5.74, 6) is 1.52. The number of hydrogen-bond donors (Lipinski definition) is 1. The molecule has 0 radical (unpaired) electrons. The van der Waals surface area contributed by atoms with Gasteiger partial charge in [-0.3, -0.25) is 9.97 Å². The molecule has 3 rings (SSSR count). The van der Waals surface area contributed by atoms with Crippen molar-refractivity contribution in [3.63, 3.8) is 0 Å². The third kappa shape index (κ3) is 2.51. The molecule has 3 heterocycles. The predicted octanol–water partition coefficient (Wildman–Crippen LogP) is 3.61. The van der Waals surface area contributed by atoms with E-state index < -0.39 is 0 Å². The molecule has 0 spiro atoms. The molecule has 3 aromatic rings. The summed E-state index contributed by atoms with van der Waals surface area (Å²) in [7, 11) is 0. The van der Waals surface area contributed by atoms with Crippen molar-refractivity contribution in [2.24, 2.45) is 0 Å². The minimum atomic E-state index is 0.519. The number of rotatable bonds is 3. The van der Waals surface area contributed by atoms with E-state index in [4.69, 9.17) is 4.42 Å². The predicted molar refractivity (Wildman–Crippen MR) is 80.5 cm³/mol. The van der Waals surface area contributed by atoms with Crippen LogP contribution < -0.4 is 5.32 Å². The molecule has 0 saturated heterocycles. The molecule has 0 aliphatic heterocycles. The van der Waals surface area contributed by atoms with Crippen molar-refractivity contribution in [2.45, 2.75) is 20.4 Å². The van der Waals surface area contributed by atoms with Crippen molar-refractivity contribution in [1.29, 1.82) is 0 Å². The number of halogens is 1. The van der Waals surface area contributed by atoms with Gasteiger partial charge in [0.15, 0.2) is 0 Å². The number of nitrogens with one attached hydrogen (secondary N) is 1. The van der Waals surface area contributed by atoms with E-state index in [0.717, 1.165) is 32.6 Å². The normalized spacial score (nSPS) is 10.9. The summed E-state index contributed by atoms with van der Waals surface area (Å²) in [5, 5.41) is 3.29. The van der Waals surface area contributed by atoms with Gasteiger partial charge in [-0.05, 0) is 41.9 Å². The lowest BCUT2D eigenvalue weighted by atomic mass is 10.3. The highest BCUT2D eigenvalue weighted by molar-refractivity contribution is 9.10. The maximum atomic E-state index is 5.55. The van der Waals surface area contributed by atoms with Gasteiger partial charge in [-0.2, -0.15) is 0 Å². The number of aromatic nitrogens is 3. The summed E-state index contributed by atoms with van der Waals surface area (Å²) >= 11 is 3.40. The molecule has 0 atom stereocenters. The maximum absolute atomic E-state index is 5.55. The highest BCUT2D eigenvalue weighted by atomic mass is 79.9. The van der Waals surface area contributed by atoms with Crippen molar-refractivity contribution in [2.75, 3.05) is 5.32 Å². The number of aryl methyl sites for hydroxylation is 2.